The number of methoxy groups -OCH3 is 1. The van der Waals surface area contributed by atoms with Gasteiger partial charge in [0.2, 0.25) is 10.0 Å². The highest BCUT2D eigenvalue weighted by molar-refractivity contribution is 7.89. The minimum atomic E-state index is -3.58. The molecule has 3 rings (SSSR count). The van der Waals surface area contributed by atoms with E-state index in [0.717, 1.165) is 28.7 Å². The van der Waals surface area contributed by atoms with Crippen molar-refractivity contribution in [2.75, 3.05) is 20.3 Å². The molecule has 2 aliphatic carbocycles. The predicted octanol–water partition coefficient (Wildman–Crippen LogP) is 4.63. The monoisotopic (exact) mass is 489 g/mol. The maximum Gasteiger partial charge on any atom is 0.338 e. The molecule has 0 saturated carbocycles. The molecule has 0 spiro atoms. The second-order valence-corrected chi connectivity index (χ2v) is 10.2. The maximum absolute atomic E-state index is 12.4. The van der Waals surface area contributed by atoms with Crippen LogP contribution in [0.2, 0.25) is 5.02 Å². The highest BCUT2D eigenvalue weighted by Gasteiger charge is 2.21. The van der Waals surface area contributed by atoms with Gasteiger partial charge in [0, 0.05) is 24.1 Å². The number of aliphatic hydroxyl groups is 1. The second-order valence-electron chi connectivity index (χ2n) is 7.96. The first-order valence-electron chi connectivity index (χ1n) is 10.8. The second kappa shape index (κ2) is 11.1. The Balaban J connectivity index is 1.69. The fourth-order valence-corrected chi connectivity index (χ4v) is 4.90. The Kier molecular flexibility index (Phi) is 8.48. The number of aryl methyl sites for hydroxylation is 1. The van der Waals surface area contributed by atoms with Crippen molar-refractivity contribution in [1.82, 2.24) is 4.72 Å². The normalized spacial score (nSPS) is 12.6. The molecule has 1 aromatic carbocycles. The standard InChI is InChI=1S/C25H28ClNO5S/c1-17(16-28)18-6-12-22-19(15-24(25(29)32-2)23(22)13-7-18)5-3-4-14-27-33(30,31)21-10-8-20(26)9-11-21/h6-13,15,17,27-28H,3-5,14,16H2,1-2H3. The van der Waals surface area contributed by atoms with E-state index in [1.54, 1.807) is 12.1 Å². The molecule has 0 radical (unpaired) electrons. The van der Waals surface area contributed by atoms with Gasteiger partial charge in [0.05, 0.1) is 17.6 Å². The van der Waals surface area contributed by atoms with Crippen LogP contribution in [0, 0.1) is 0 Å². The lowest BCUT2D eigenvalue weighted by atomic mass is 10.0. The zero-order valence-electron chi connectivity index (χ0n) is 18.7. The van der Waals surface area contributed by atoms with E-state index in [-0.39, 0.29) is 17.4 Å². The number of aliphatic hydroxyl groups excluding tert-OH is 1. The molecular formula is C25H28ClNO5S. The van der Waals surface area contributed by atoms with Crippen molar-refractivity contribution in [2.45, 2.75) is 37.0 Å². The van der Waals surface area contributed by atoms with Crippen molar-refractivity contribution >= 4 is 27.6 Å². The van der Waals surface area contributed by atoms with Crippen LogP contribution in [0.4, 0.5) is 0 Å². The number of hydrogen-bond donors (Lipinski definition) is 2. The van der Waals surface area contributed by atoms with Gasteiger partial charge < -0.3 is 9.84 Å². The summed E-state index contributed by atoms with van der Waals surface area (Å²) in [6.45, 7) is 2.28. The van der Waals surface area contributed by atoms with Gasteiger partial charge in [-0.2, -0.15) is 0 Å². The van der Waals surface area contributed by atoms with Gasteiger partial charge in [-0.25, -0.2) is 17.9 Å². The van der Waals surface area contributed by atoms with Crippen LogP contribution in [0.15, 0.2) is 59.5 Å². The summed E-state index contributed by atoms with van der Waals surface area (Å²) < 4.78 is 32.3. The molecule has 176 valence electrons. The molecule has 0 amide bonds. The molecule has 1 aromatic rings. The number of nitrogens with one attached hydrogen (secondary N) is 1. The summed E-state index contributed by atoms with van der Waals surface area (Å²) in [5, 5.41) is 9.95. The summed E-state index contributed by atoms with van der Waals surface area (Å²) in [5.74, 6) is -0.412. The van der Waals surface area contributed by atoms with Gasteiger partial charge in [0.15, 0.2) is 0 Å². The third-order valence-corrected chi connectivity index (χ3v) is 7.40. The average molecular weight is 490 g/mol. The quantitative estimate of drug-likeness (QED) is 0.320. The first-order chi connectivity index (χ1) is 15.8. The molecular weight excluding hydrogens is 462 g/mol. The maximum atomic E-state index is 12.4. The fourth-order valence-electron chi connectivity index (χ4n) is 3.70. The number of sulfonamides is 1. The van der Waals surface area contributed by atoms with Crippen LogP contribution in [-0.2, 0) is 21.2 Å². The van der Waals surface area contributed by atoms with Crippen molar-refractivity contribution in [3.8, 4) is 11.1 Å². The van der Waals surface area contributed by atoms with E-state index in [9.17, 15) is 18.3 Å². The number of carbonyl (C=O) groups is 1. The van der Waals surface area contributed by atoms with Gasteiger partial charge in [-0.1, -0.05) is 42.8 Å². The Morgan fingerprint density at radius 3 is 2.36 bits per heavy atom. The SMILES string of the molecule is COC(=O)c1cc(CCCCNS(=O)(=O)c2ccc(Cl)cc2)c2ccc(C(C)CO)ccc1-2. The number of esters is 1. The Bertz CT molecular complexity index is 1180. The number of hydrogen-bond acceptors (Lipinski definition) is 5. The molecule has 0 saturated heterocycles. The van der Waals surface area contributed by atoms with Crippen LogP contribution >= 0.6 is 11.6 Å². The number of unbranched alkanes of at least 4 members (excludes halogenated alkanes) is 1. The van der Waals surface area contributed by atoms with Crippen molar-refractivity contribution in [2.24, 2.45) is 0 Å². The Morgan fingerprint density at radius 1 is 1.06 bits per heavy atom. The Morgan fingerprint density at radius 2 is 1.73 bits per heavy atom. The van der Waals surface area contributed by atoms with Crippen molar-refractivity contribution in [3.63, 3.8) is 0 Å². The van der Waals surface area contributed by atoms with Gasteiger partial charge >= 0.3 is 5.97 Å². The number of halogens is 1. The Hall–Kier alpha value is -2.45. The third kappa shape index (κ3) is 6.12. The van der Waals surface area contributed by atoms with Crippen LogP contribution in [0.5, 0.6) is 0 Å². The van der Waals surface area contributed by atoms with Gasteiger partial charge in [0.25, 0.3) is 0 Å². The minimum Gasteiger partial charge on any atom is -0.465 e. The number of fused-ring (bicyclic) bond motifs is 1. The van der Waals surface area contributed by atoms with E-state index in [2.05, 4.69) is 4.72 Å². The summed E-state index contributed by atoms with van der Waals surface area (Å²) in [5.41, 5.74) is 4.24. The van der Waals surface area contributed by atoms with Crippen LogP contribution in [0.25, 0.3) is 11.1 Å². The number of benzene rings is 1. The lowest BCUT2D eigenvalue weighted by molar-refractivity contribution is 0.0602. The molecule has 33 heavy (non-hydrogen) atoms. The highest BCUT2D eigenvalue weighted by Crippen LogP contribution is 2.34. The Labute approximate surface area is 199 Å². The minimum absolute atomic E-state index is 0.0137. The lowest BCUT2D eigenvalue weighted by Gasteiger charge is -2.07. The van der Waals surface area contributed by atoms with Gasteiger partial charge in [-0.15, -0.1) is 0 Å². The molecule has 0 aliphatic heterocycles. The first kappa shape index (κ1) is 25.2. The molecule has 1 unspecified atom stereocenters. The lowest BCUT2D eigenvalue weighted by Crippen LogP contribution is -2.24. The number of rotatable bonds is 10. The summed E-state index contributed by atoms with van der Waals surface area (Å²) in [6.07, 6.45) is 2.06. The summed E-state index contributed by atoms with van der Waals surface area (Å²) in [7, 11) is -2.23. The fraction of sp³-hybridized carbons (Fsp3) is 0.320. The first-order valence-corrected chi connectivity index (χ1v) is 12.6. The largest absolute Gasteiger partial charge is 0.465 e. The van der Waals surface area contributed by atoms with E-state index in [1.165, 1.54) is 19.2 Å². The molecule has 0 heterocycles. The molecule has 2 aliphatic rings. The van der Waals surface area contributed by atoms with Crippen LogP contribution in [-0.4, -0.2) is 39.8 Å². The van der Waals surface area contributed by atoms with E-state index in [0.29, 0.717) is 30.0 Å². The van der Waals surface area contributed by atoms with Gasteiger partial charge in [-0.3, -0.25) is 0 Å². The zero-order chi connectivity index (χ0) is 24.0. The number of carbonyl (C=O) groups excluding carboxylic acids is 1. The average Bonchev–Trinajstić information content (AvgIpc) is 3.00. The number of ether oxygens (including phenoxy) is 1. The van der Waals surface area contributed by atoms with Crippen molar-refractivity contribution in [1.29, 1.82) is 0 Å². The van der Waals surface area contributed by atoms with E-state index in [4.69, 9.17) is 16.3 Å². The molecule has 0 aromatic heterocycles. The van der Waals surface area contributed by atoms with Crippen LogP contribution in [0.3, 0.4) is 0 Å². The van der Waals surface area contributed by atoms with E-state index < -0.39 is 16.0 Å². The smallest absolute Gasteiger partial charge is 0.338 e. The van der Waals surface area contributed by atoms with E-state index >= 15 is 0 Å². The predicted molar refractivity (Wildman–Crippen MR) is 129 cm³/mol. The molecule has 6 nitrogen and oxygen atoms in total. The zero-order valence-corrected chi connectivity index (χ0v) is 20.2. The van der Waals surface area contributed by atoms with Crippen molar-refractivity contribution < 1.29 is 23.1 Å². The molecule has 2 N–H and O–H groups in total. The molecule has 0 fully saturated rings. The summed E-state index contributed by atoms with van der Waals surface area (Å²) in [4.78, 5) is 12.5. The highest BCUT2D eigenvalue weighted by atomic mass is 35.5. The van der Waals surface area contributed by atoms with Crippen molar-refractivity contribution in [3.05, 3.63) is 76.3 Å². The summed E-state index contributed by atoms with van der Waals surface area (Å²) in [6, 6.07) is 15.6. The molecule has 1 atom stereocenters. The van der Waals surface area contributed by atoms with E-state index in [1.807, 2.05) is 37.3 Å². The molecule has 0 bridgehead atoms. The van der Waals surface area contributed by atoms with Crippen LogP contribution in [0.1, 0.15) is 47.2 Å². The topological polar surface area (TPSA) is 92.7 Å². The van der Waals surface area contributed by atoms with Crippen LogP contribution < -0.4 is 4.72 Å². The van der Waals surface area contributed by atoms with Gasteiger partial charge in [-0.05, 0) is 71.8 Å². The van der Waals surface area contributed by atoms with Gasteiger partial charge in [0.1, 0.15) is 0 Å². The molecule has 8 heteroatoms. The summed E-state index contributed by atoms with van der Waals surface area (Å²) >= 11 is 5.82. The third-order valence-electron chi connectivity index (χ3n) is 5.67.